The number of rotatable bonds is 3. The van der Waals surface area contributed by atoms with Gasteiger partial charge in [0.15, 0.2) is 0 Å². The zero-order valence-electron chi connectivity index (χ0n) is 12.1. The molecule has 0 saturated heterocycles. The van der Waals surface area contributed by atoms with Gasteiger partial charge >= 0.3 is 6.01 Å². The number of aromatic nitrogens is 3. The zero-order chi connectivity index (χ0) is 16.6. The molecule has 3 rings (SSSR count). The number of carbonyl (C=O) groups excluding carboxylic acids is 1. The summed E-state index contributed by atoms with van der Waals surface area (Å²) >= 11 is 1.38. The number of nitrogens with zero attached hydrogens (tertiary/aromatic N) is 3. The van der Waals surface area contributed by atoms with E-state index in [1.807, 2.05) is 6.92 Å². The van der Waals surface area contributed by atoms with E-state index in [0.717, 1.165) is 22.8 Å². The highest BCUT2D eigenvalue weighted by molar-refractivity contribution is 7.15. The van der Waals surface area contributed by atoms with Crippen LogP contribution >= 0.6 is 11.3 Å². The molecule has 2 aromatic heterocycles. The van der Waals surface area contributed by atoms with Gasteiger partial charge in [0.1, 0.15) is 16.5 Å². The van der Waals surface area contributed by atoms with E-state index in [1.54, 1.807) is 6.92 Å². The average Bonchev–Trinajstić information content (AvgIpc) is 3.05. The summed E-state index contributed by atoms with van der Waals surface area (Å²) in [5, 5.41) is 10.6. The number of thiazole rings is 1. The molecule has 3 aromatic rings. The molecule has 0 saturated carbocycles. The fraction of sp³-hybridized carbons (Fsp3) is 0.143. The average molecular weight is 336 g/mol. The molecular weight excluding hydrogens is 326 g/mol. The van der Waals surface area contributed by atoms with Gasteiger partial charge in [-0.05, 0) is 26.0 Å². The molecule has 0 aliphatic heterocycles. The van der Waals surface area contributed by atoms with E-state index in [9.17, 15) is 13.6 Å². The van der Waals surface area contributed by atoms with Gasteiger partial charge in [-0.25, -0.2) is 13.8 Å². The summed E-state index contributed by atoms with van der Waals surface area (Å²) in [6, 6.07) is 2.46. The molecule has 23 heavy (non-hydrogen) atoms. The SMILES string of the molecule is Cc1nc(C)c(-c2nnc(NC(=O)c3ccc(F)cc3F)o2)s1. The molecule has 6 nitrogen and oxygen atoms in total. The lowest BCUT2D eigenvalue weighted by molar-refractivity contribution is 0.102. The van der Waals surface area contributed by atoms with Crippen molar-refractivity contribution in [1.29, 1.82) is 0 Å². The van der Waals surface area contributed by atoms with Crippen LogP contribution < -0.4 is 5.32 Å². The Morgan fingerprint density at radius 3 is 2.70 bits per heavy atom. The zero-order valence-corrected chi connectivity index (χ0v) is 12.9. The van der Waals surface area contributed by atoms with Gasteiger partial charge in [-0.2, -0.15) is 0 Å². The summed E-state index contributed by atoms with van der Waals surface area (Å²) in [6.45, 7) is 3.65. The van der Waals surface area contributed by atoms with Gasteiger partial charge in [0.05, 0.1) is 16.3 Å². The maximum atomic E-state index is 13.6. The van der Waals surface area contributed by atoms with Gasteiger partial charge in [0.25, 0.3) is 11.8 Å². The minimum Gasteiger partial charge on any atom is -0.402 e. The molecule has 0 radical (unpaired) electrons. The third-order valence-electron chi connectivity index (χ3n) is 2.92. The molecule has 0 atom stereocenters. The van der Waals surface area contributed by atoms with Gasteiger partial charge < -0.3 is 4.42 Å². The monoisotopic (exact) mass is 336 g/mol. The van der Waals surface area contributed by atoms with Crippen molar-refractivity contribution in [2.24, 2.45) is 0 Å². The van der Waals surface area contributed by atoms with Crippen molar-refractivity contribution in [2.45, 2.75) is 13.8 Å². The standard InChI is InChI=1S/C14H10F2N4O2S/c1-6-11(23-7(2)17-6)13-19-20-14(22-13)18-12(21)9-4-3-8(15)5-10(9)16/h3-5H,1-2H3,(H,18,20,21). The van der Waals surface area contributed by atoms with Crippen LogP contribution in [-0.2, 0) is 0 Å². The summed E-state index contributed by atoms with van der Waals surface area (Å²) < 4.78 is 31.7. The maximum Gasteiger partial charge on any atom is 0.322 e. The van der Waals surface area contributed by atoms with Crippen molar-refractivity contribution in [3.63, 3.8) is 0 Å². The van der Waals surface area contributed by atoms with Gasteiger partial charge in [0, 0.05) is 6.07 Å². The van der Waals surface area contributed by atoms with E-state index in [4.69, 9.17) is 4.42 Å². The van der Waals surface area contributed by atoms with E-state index in [1.165, 1.54) is 11.3 Å². The van der Waals surface area contributed by atoms with Crippen molar-refractivity contribution in [3.8, 4) is 10.8 Å². The lowest BCUT2D eigenvalue weighted by Gasteiger charge is -2.01. The minimum absolute atomic E-state index is 0.181. The molecule has 0 unspecified atom stereocenters. The summed E-state index contributed by atoms with van der Waals surface area (Å²) in [7, 11) is 0. The normalized spacial score (nSPS) is 10.8. The number of nitrogens with one attached hydrogen (secondary N) is 1. The Labute approximate surface area is 133 Å². The smallest absolute Gasteiger partial charge is 0.322 e. The Hall–Kier alpha value is -2.68. The van der Waals surface area contributed by atoms with Crippen LogP contribution in [0.5, 0.6) is 0 Å². The van der Waals surface area contributed by atoms with Crippen LogP contribution in [0.3, 0.4) is 0 Å². The Morgan fingerprint density at radius 1 is 1.26 bits per heavy atom. The molecule has 2 heterocycles. The van der Waals surface area contributed by atoms with Crippen LogP contribution in [0.1, 0.15) is 21.1 Å². The predicted octanol–water partition coefficient (Wildman–Crippen LogP) is 3.34. The van der Waals surface area contributed by atoms with Gasteiger partial charge in [-0.1, -0.05) is 5.10 Å². The number of hydrogen-bond donors (Lipinski definition) is 1. The first-order valence-electron chi connectivity index (χ1n) is 6.48. The second-order valence-corrected chi connectivity index (χ2v) is 5.84. The van der Waals surface area contributed by atoms with Crippen molar-refractivity contribution in [2.75, 3.05) is 5.32 Å². The third kappa shape index (κ3) is 3.09. The predicted molar refractivity (Wildman–Crippen MR) is 79.2 cm³/mol. The van der Waals surface area contributed by atoms with Crippen LogP contribution in [0.15, 0.2) is 22.6 Å². The Kier molecular flexibility index (Phi) is 3.87. The number of anilines is 1. The maximum absolute atomic E-state index is 13.6. The number of aryl methyl sites for hydroxylation is 2. The molecule has 118 valence electrons. The summed E-state index contributed by atoms with van der Waals surface area (Å²) in [6.07, 6.45) is 0. The van der Waals surface area contributed by atoms with Gasteiger partial charge in [-0.3, -0.25) is 10.1 Å². The molecule has 0 fully saturated rings. The van der Waals surface area contributed by atoms with Crippen molar-refractivity contribution in [3.05, 3.63) is 46.1 Å². The van der Waals surface area contributed by atoms with Crippen molar-refractivity contribution < 1.29 is 18.0 Å². The van der Waals surface area contributed by atoms with Gasteiger partial charge in [-0.15, -0.1) is 16.4 Å². The lowest BCUT2D eigenvalue weighted by atomic mass is 10.2. The van der Waals surface area contributed by atoms with Crippen LogP contribution in [0.25, 0.3) is 10.8 Å². The highest BCUT2D eigenvalue weighted by atomic mass is 32.1. The fourth-order valence-electron chi connectivity index (χ4n) is 1.93. The summed E-state index contributed by atoms with van der Waals surface area (Å²) in [5.74, 6) is -2.34. The first-order chi connectivity index (χ1) is 10.9. The molecule has 0 spiro atoms. The largest absolute Gasteiger partial charge is 0.402 e. The number of carbonyl (C=O) groups is 1. The van der Waals surface area contributed by atoms with E-state index in [-0.39, 0.29) is 17.5 Å². The van der Waals surface area contributed by atoms with Crippen LogP contribution in [-0.4, -0.2) is 21.1 Å². The number of benzene rings is 1. The molecule has 0 aliphatic rings. The van der Waals surface area contributed by atoms with E-state index in [0.29, 0.717) is 10.9 Å². The number of amides is 1. The fourth-order valence-corrected chi connectivity index (χ4v) is 2.77. The molecule has 0 bridgehead atoms. The Bertz CT molecular complexity index is 891. The van der Waals surface area contributed by atoms with Crippen molar-refractivity contribution >= 4 is 23.3 Å². The van der Waals surface area contributed by atoms with Gasteiger partial charge in [0.2, 0.25) is 0 Å². The summed E-state index contributed by atoms with van der Waals surface area (Å²) in [4.78, 5) is 16.9. The molecular formula is C14H10F2N4O2S. The topological polar surface area (TPSA) is 80.9 Å². The van der Waals surface area contributed by atoms with Crippen LogP contribution in [0, 0.1) is 25.5 Å². The van der Waals surface area contributed by atoms with Crippen LogP contribution in [0.2, 0.25) is 0 Å². The highest BCUT2D eigenvalue weighted by Gasteiger charge is 2.18. The molecule has 1 amide bonds. The Balaban J connectivity index is 1.81. The molecule has 1 aromatic carbocycles. The van der Waals surface area contributed by atoms with Crippen molar-refractivity contribution in [1.82, 2.24) is 15.2 Å². The van der Waals surface area contributed by atoms with Crippen LogP contribution in [0.4, 0.5) is 14.8 Å². The van der Waals surface area contributed by atoms with E-state index < -0.39 is 17.5 Å². The molecule has 1 N–H and O–H groups in total. The molecule has 0 aliphatic carbocycles. The quantitative estimate of drug-likeness (QED) is 0.793. The lowest BCUT2D eigenvalue weighted by Crippen LogP contribution is -2.14. The number of hydrogen-bond acceptors (Lipinski definition) is 6. The summed E-state index contributed by atoms with van der Waals surface area (Å²) in [5.41, 5.74) is 0.412. The highest BCUT2D eigenvalue weighted by Crippen LogP contribution is 2.29. The van der Waals surface area contributed by atoms with E-state index in [2.05, 4.69) is 20.5 Å². The first kappa shape index (κ1) is 15.2. The second-order valence-electron chi connectivity index (χ2n) is 4.64. The Morgan fingerprint density at radius 2 is 2.04 bits per heavy atom. The second kappa shape index (κ2) is 5.84. The minimum atomic E-state index is -0.976. The van der Waals surface area contributed by atoms with E-state index >= 15 is 0 Å². The third-order valence-corrected chi connectivity index (χ3v) is 3.98. The molecule has 9 heteroatoms. The first-order valence-corrected chi connectivity index (χ1v) is 7.30. The number of halogens is 2.